The van der Waals surface area contributed by atoms with E-state index in [0.29, 0.717) is 13.1 Å². The molecule has 2 aliphatic rings. The molecule has 0 bridgehead atoms. The minimum absolute atomic E-state index is 0.0726. The summed E-state index contributed by atoms with van der Waals surface area (Å²) in [6.45, 7) is -0.275. The van der Waals surface area contributed by atoms with Crippen molar-refractivity contribution in [1.82, 2.24) is 10.2 Å². The van der Waals surface area contributed by atoms with Gasteiger partial charge in [-0.25, -0.2) is 4.79 Å². The Kier molecular flexibility index (Phi) is 2.29. The van der Waals surface area contributed by atoms with Crippen LogP contribution in [0.1, 0.15) is 0 Å². The van der Waals surface area contributed by atoms with Gasteiger partial charge in [-0.3, -0.25) is 0 Å². The number of carbonyl (C=O) groups is 1. The van der Waals surface area contributed by atoms with E-state index in [-0.39, 0.29) is 17.9 Å². The number of carboxylic acid groups (broad SMARTS) is 1. The molecule has 1 aliphatic heterocycles. The van der Waals surface area contributed by atoms with Gasteiger partial charge in [-0.1, -0.05) is 0 Å². The molecule has 1 saturated carbocycles. The maximum atomic E-state index is 11.9. The van der Waals surface area contributed by atoms with Crippen molar-refractivity contribution in [2.24, 2.45) is 11.8 Å². The molecule has 0 aromatic heterocycles. The van der Waals surface area contributed by atoms with Crippen molar-refractivity contribution in [2.45, 2.75) is 12.2 Å². The predicted molar refractivity (Wildman–Crippen MR) is 44.4 cm³/mol. The second kappa shape index (κ2) is 3.26. The second-order valence-electron chi connectivity index (χ2n) is 4.04. The van der Waals surface area contributed by atoms with E-state index in [1.807, 2.05) is 0 Å². The number of piperidine rings is 1. The van der Waals surface area contributed by atoms with Crippen LogP contribution in [0.2, 0.25) is 0 Å². The quantitative estimate of drug-likeness (QED) is 0.727. The highest BCUT2D eigenvalue weighted by Crippen LogP contribution is 2.45. The summed E-state index contributed by atoms with van der Waals surface area (Å²) < 4.78 is 35.6. The summed E-state index contributed by atoms with van der Waals surface area (Å²) in [4.78, 5) is 11.8. The van der Waals surface area contributed by atoms with Crippen LogP contribution in [0.5, 0.6) is 0 Å². The van der Waals surface area contributed by atoms with Gasteiger partial charge in [0.25, 0.3) is 0 Å². The minimum Gasteiger partial charge on any atom is -0.465 e. The molecule has 2 rings (SSSR count). The van der Waals surface area contributed by atoms with Gasteiger partial charge in [0.15, 0.2) is 0 Å². The summed E-state index contributed by atoms with van der Waals surface area (Å²) in [6.07, 6.45) is -5.18. The molecular formula is C8H11F3N2O2. The second-order valence-corrected chi connectivity index (χ2v) is 4.04. The third-order valence-corrected chi connectivity index (χ3v) is 3.00. The zero-order chi connectivity index (χ0) is 11.2. The summed E-state index contributed by atoms with van der Waals surface area (Å²) in [7, 11) is 0. The summed E-state index contributed by atoms with van der Waals surface area (Å²) in [5.74, 6) is 0.145. The van der Waals surface area contributed by atoms with Gasteiger partial charge in [-0.05, 0) is 11.8 Å². The van der Waals surface area contributed by atoms with Crippen LogP contribution in [0.25, 0.3) is 0 Å². The zero-order valence-corrected chi connectivity index (χ0v) is 7.79. The van der Waals surface area contributed by atoms with E-state index in [1.54, 1.807) is 0 Å². The van der Waals surface area contributed by atoms with Gasteiger partial charge < -0.3 is 15.3 Å². The average molecular weight is 224 g/mol. The highest BCUT2D eigenvalue weighted by atomic mass is 19.4. The number of nitrogens with one attached hydrogen (secondary N) is 1. The molecule has 1 saturated heterocycles. The smallest absolute Gasteiger partial charge is 0.407 e. The molecule has 86 valence electrons. The van der Waals surface area contributed by atoms with Gasteiger partial charge in [0, 0.05) is 19.1 Å². The maximum Gasteiger partial charge on any atom is 0.407 e. The van der Waals surface area contributed by atoms with Crippen molar-refractivity contribution in [3.8, 4) is 0 Å². The summed E-state index contributed by atoms with van der Waals surface area (Å²) in [5.41, 5.74) is 0. The van der Waals surface area contributed by atoms with Gasteiger partial charge >= 0.3 is 12.3 Å². The van der Waals surface area contributed by atoms with Gasteiger partial charge in [0.2, 0.25) is 0 Å². The Morgan fingerprint density at radius 2 is 1.93 bits per heavy atom. The van der Waals surface area contributed by atoms with Crippen molar-refractivity contribution in [3.05, 3.63) is 0 Å². The molecule has 1 aliphatic carbocycles. The first-order chi connectivity index (χ1) is 6.88. The molecule has 1 unspecified atom stereocenters. The molecule has 7 heteroatoms. The van der Waals surface area contributed by atoms with Crippen LogP contribution in [0.3, 0.4) is 0 Å². The van der Waals surface area contributed by atoms with E-state index in [9.17, 15) is 18.0 Å². The lowest BCUT2D eigenvalue weighted by molar-refractivity contribution is -0.125. The lowest BCUT2D eigenvalue weighted by Crippen LogP contribution is -2.37. The molecule has 0 spiro atoms. The van der Waals surface area contributed by atoms with Crippen LogP contribution in [0.15, 0.2) is 0 Å². The Morgan fingerprint density at radius 3 is 2.33 bits per heavy atom. The SMILES string of the molecule is O=C(O)N1C[C@@H]2C(NCC(F)(F)F)[C@@H]2C1. The molecule has 4 nitrogen and oxygen atoms in total. The highest BCUT2D eigenvalue weighted by Gasteiger charge is 2.57. The maximum absolute atomic E-state index is 11.9. The summed E-state index contributed by atoms with van der Waals surface area (Å²) >= 11 is 0. The van der Waals surface area contributed by atoms with E-state index in [0.717, 1.165) is 0 Å². The number of hydrogen-bond donors (Lipinski definition) is 2. The van der Waals surface area contributed by atoms with E-state index >= 15 is 0 Å². The number of rotatable bonds is 2. The first-order valence-electron chi connectivity index (χ1n) is 4.66. The monoisotopic (exact) mass is 224 g/mol. The summed E-state index contributed by atoms with van der Waals surface area (Å²) in [5, 5.41) is 11.0. The lowest BCUT2D eigenvalue weighted by Gasteiger charge is -2.16. The lowest BCUT2D eigenvalue weighted by atomic mass is 10.4. The number of nitrogens with zero attached hydrogens (tertiary/aromatic N) is 1. The van der Waals surface area contributed by atoms with Crippen LogP contribution >= 0.6 is 0 Å². The Hall–Kier alpha value is -0.980. The van der Waals surface area contributed by atoms with Crippen LogP contribution in [-0.4, -0.2) is 48.0 Å². The van der Waals surface area contributed by atoms with Crippen LogP contribution in [0.4, 0.5) is 18.0 Å². The minimum atomic E-state index is -4.19. The number of likely N-dealkylation sites (tertiary alicyclic amines) is 1. The summed E-state index contributed by atoms with van der Waals surface area (Å²) in [6, 6.07) is -0.151. The molecule has 1 amide bonds. The molecule has 15 heavy (non-hydrogen) atoms. The van der Waals surface area contributed by atoms with E-state index in [2.05, 4.69) is 5.32 Å². The van der Waals surface area contributed by atoms with Crippen molar-refractivity contribution in [2.75, 3.05) is 19.6 Å². The van der Waals surface area contributed by atoms with Crippen LogP contribution in [-0.2, 0) is 0 Å². The fourth-order valence-corrected chi connectivity index (χ4v) is 2.22. The van der Waals surface area contributed by atoms with Crippen molar-refractivity contribution in [3.63, 3.8) is 0 Å². The van der Waals surface area contributed by atoms with Gasteiger partial charge in [-0.15, -0.1) is 0 Å². The third kappa shape index (κ3) is 2.17. The van der Waals surface area contributed by atoms with Crippen molar-refractivity contribution < 1.29 is 23.1 Å². The number of hydrogen-bond acceptors (Lipinski definition) is 2. The number of alkyl halides is 3. The first-order valence-corrected chi connectivity index (χ1v) is 4.66. The molecule has 2 N–H and O–H groups in total. The number of fused-ring (bicyclic) bond motifs is 1. The average Bonchev–Trinajstić information content (AvgIpc) is 2.55. The predicted octanol–water partition coefficient (Wildman–Crippen LogP) is 0.746. The Balaban J connectivity index is 1.73. The van der Waals surface area contributed by atoms with E-state index in [1.165, 1.54) is 4.90 Å². The third-order valence-electron chi connectivity index (χ3n) is 3.00. The van der Waals surface area contributed by atoms with Gasteiger partial charge in [0.05, 0.1) is 6.54 Å². The molecule has 2 fully saturated rings. The fraction of sp³-hybridized carbons (Fsp3) is 0.875. The standard InChI is InChI=1S/C8H11F3N2O2/c9-8(10,11)3-12-6-4-1-13(7(14)15)2-5(4)6/h4-6,12H,1-3H2,(H,14,15)/t4-,5+,6?. The Morgan fingerprint density at radius 1 is 1.40 bits per heavy atom. The molecule has 0 aromatic rings. The van der Waals surface area contributed by atoms with Crippen LogP contribution in [0, 0.1) is 11.8 Å². The zero-order valence-electron chi connectivity index (χ0n) is 7.79. The molecule has 1 heterocycles. The Labute approximate surface area is 84.0 Å². The van der Waals surface area contributed by atoms with Crippen molar-refractivity contribution >= 4 is 6.09 Å². The molecule has 0 radical (unpaired) electrons. The Bertz CT molecular complexity index is 270. The van der Waals surface area contributed by atoms with Gasteiger partial charge in [0.1, 0.15) is 0 Å². The van der Waals surface area contributed by atoms with E-state index in [4.69, 9.17) is 5.11 Å². The van der Waals surface area contributed by atoms with Crippen LogP contribution < -0.4 is 5.32 Å². The highest BCUT2D eigenvalue weighted by molar-refractivity contribution is 5.65. The first kappa shape index (κ1) is 10.5. The number of amides is 1. The molecular weight excluding hydrogens is 213 g/mol. The van der Waals surface area contributed by atoms with E-state index < -0.39 is 18.8 Å². The fourth-order valence-electron chi connectivity index (χ4n) is 2.22. The molecule has 0 aromatic carbocycles. The normalized spacial score (nSPS) is 34.1. The number of halogens is 3. The van der Waals surface area contributed by atoms with Gasteiger partial charge in [-0.2, -0.15) is 13.2 Å². The largest absolute Gasteiger partial charge is 0.465 e. The van der Waals surface area contributed by atoms with Crippen molar-refractivity contribution in [1.29, 1.82) is 0 Å². The molecule has 3 atom stereocenters. The topological polar surface area (TPSA) is 52.6 Å².